The molecule has 2 N–H and O–H groups in total. The van der Waals surface area contributed by atoms with Gasteiger partial charge in [0, 0.05) is 19.2 Å². The van der Waals surface area contributed by atoms with Crippen molar-refractivity contribution in [3.8, 4) is 0 Å². The summed E-state index contributed by atoms with van der Waals surface area (Å²) >= 11 is 0. The van der Waals surface area contributed by atoms with Gasteiger partial charge in [-0.1, -0.05) is 6.07 Å². The zero-order chi connectivity index (χ0) is 14.8. The van der Waals surface area contributed by atoms with Crippen molar-refractivity contribution in [2.45, 2.75) is 19.3 Å². The van der Waals surface area contributed by atoms with Crippen LogP contribution in [0.2, 0.25) is 0 Å². The van der Waals surface area contributed by atoms with Crippen LogP contribution in [0, 0.1) is 16.0 Å². The van der Waals surface area contributed by atoms with Crippen LogP contribution in [-0.2, 0) is 0 Å². The van der Waals surface area contributed by atoms with Crippen LogP contribution in [0.3, 0.4) is 0 Å². The molecule has 2 aromatic rings. The summed E-state index contributed by atoms with van der Waals surface area (Å²) in [5.74, 6) is 0.536. The Morgan fingerprint density at radius 1 is 1.52 bits per heavy atom. The summed E-state index contributed by atoms with van der Waals surface area (Å²) in [4.78, 5) is 17.0. The normalized spacial score (nSPS) is 19.1. The molecule has 0 aliphatic carbocycles. The van der Waals surface area contributed by atoms with E-state index in [9.17, 15) is 10.1 Å². The van der Waals surface area contributed by atoms with Crippen molar-refractivity contribution in [1.29, 1.82) is 0 Å². The van der Waals surface area contributed by atoms with Gasteiger partial charge in [-0.2, -0.15) is 4.98 Å². The molecule has 0 bridgehead atoms. The highest BCUT2D eigenvalue weighted by atomic mass is 16.6. The predicted octanol–water partition coefficient (Wildman–Crippen LogP) is 2.30. The zero-order valence-electron chi connectivity index (χ0n) is 11.7. The molecule has 0 saturated carbocycles. The van der Waals surface area contributed by atoms with Gasteiger partial charge in [0.05, 0.1) is 4.92 Å². The molecule has 0 radical (unpaired) electrons. The number of hydrogen-bond acceptors (Lipinski definition) is 6. The molecule has 3 rings (SSSR count). The van der Waals surface area contributed by atoms with Gasteiger partial charge in [0.15, 0.2) is 11.1 Å². The fraction of sp³-hybridized carbons (Fsp3) is 0.500. The topological polar surface area (TPSA) is 98.4 Å². The fourth-order valence-corrected chi connectivity index (χ4v) is 2.92. The van der Waals surface area contributed by atoms with E-state index in [2.05, 4.69) is 9.88 Å². The van der Waals surface area contributed by atoms with Gasteiger partial charge in [0.25, 0.3) is 11.7 Å². The molecule has 1 fully saturated rings. The summed E-state index contributed by atoms with van der Waals surface area (Å²) in [6.07, 6.45) is 3.20. The van der Waals surface area contributed by atoms with Crippen LogP contribution in [0.1, 0.15) is 19.3 Å². The summed E-state index contributed by atoms with van der Waals surface area (Å²) in [5.41, 5.74) is 6.39. The molecule has 1 atom stereocenters. The molecule has 7 nitrogen and oxygen atoms in total. The second kappa shape index (κ2) is 5.69. The lowest BCUT2D eigenvalue weighted by atomic mass is 9.95. The molecule has 1 unspecified atom stereocenters. The van der Waals surface area contributed by atoms with E-state index in [1.807, 2.05) is 0 Å². The maximum absolute atomic E-state index is 11.0. The lowest BCUT2D eigenvalue weighted by Crippen LogP contribution is -2.36. The Kier molecular flexibility index (Phi) is 3.74. The average Bonchev–Trinajstić information content (AvgIpc) is 2.91. The number of nitro benzene ring substituents is 1. The van der Waals surface area contributed by atoms with Crippen LogP contribution >= 0.6 is 0 Å². The van der Waals surface area contributed by atoms with E-state index in [1.165, 1.54) is 6.07 Å². The van der Waals surface area contributed by atoms with E-state index < -0.39 is 4.92 Å². The Balaban J connectivity index is 1.90. The van der Waals surface area contributed by atoms with Crippen molar-refractivity contribution in [2.24, 2.45) is 11.7 Å². The van der Waals surface area contributed by atoms with E-state index in [1.54, 1.807) is 12.1 Å². The highest BCUT2D eigenvalue weighted by molar-refractivity contribution is 5.84. The monoisotopic (exact) mass is 290 g/mol. The molecule has 7 heteroatoms. The second-order valence-corrected chi connectivity index (χ2v) is 5.41. The second-order valence-electron chi connectivity index (χ2n) is 5.41. The molecule has 21 heavy (non-hydrogen) atoms. The van der Waals surface area contributed by atoms with Crippen molar-refractivity contribution >= 4 is 22.8 Å². The Morgan fingerprint density at radius 3 is 3.14 bits per heavy atom. The standard InChI is InChI=1S/C14H18N4O3/c15-7-6-10-3-2-8-17(9-10)14-16-13-11(18(19)20)4-1-5-12(13)21-14/h1,4-5,10H,2-3,6-9,15H2. The number of piperidine rings is 1. The largest absolute Gasteiger partial charge is 0.423 e. The van der Waals surface area contributed by atoms with Gasteiger partial charge in [-0.25, -0.2) is 0 Å². The third kappa shape index (κ3) is 2.69. The van der Waals surface area contributed by atoms with Crippen molar-refractivity contribution in [2.75, 3.05) is 24.5 Å². The summed E-state index contributed by atoms with van der Waals surface area (Å²) in [6, 6.07) is 5.24. The van der Waals surface area contributed by atoms with Crippen LogP contribution in [0.5, 0.6) is 0 Å². The van der Waals surface area contributed by atoms with Crippen molar-refractivity contribution in [3.05, 3.63) is 28.3 Å². The highest BCUT2D eigenvalue weighted by Crippen LogP contribution is 2.31. The number of nitro groups is 1. The van der Waals surface area contributed by atoms with Crippen LogP contribution < -0.4 is 10.6 Å². The Morgan fingerprint density at radius 2 is 2.38 bits per heavy atom. The number of benzene rings is 1. The number of fused-ring (bicyclic) bond motifs is 1. The Bertz CT molecular complexity index is 653. The fourth-order valence-electron chi connectivity index (χ4n) is 2.92. The number of anilines is 1. The van der Waals surface area contributed by atoms with Gasteiger partial charge in [-0.3, -0.25) is 10.1 Å². The van der Waals surface area contributed by atoms with E-state index in [0.717, 1.165) is 32.4 Å². The smallest absolute Gasteiger partial charge is 0.298 e. The molecule has 1 aliphatic rings. The minimum atomic E-state index is -0.429. The van der Waals surface area contributed by atoms with Gasteiger partial charge in [-0.05, 0) is 37.8 Å². The van der Waals surface area contributed by atoms with E-state index in [4.69, 9.17) is 10.2 Å². The summed E-state index contributed by atoms with van der Waals surface area (Å²) in [6.45, 7) is 2.39. The minimum Gasteiger partial charge on any atom is -0.423 e. The third-order valence-corrected chi connectivity index (χ3v) is 3.95. The first-order valence-corrected chi connectivity index (χ1v) is 7.18. The number of oxazole rings is 1. The zero-order valence-corrected chi connectivity index (χ0v) is 11.7. The van der Waals surface area contributed by atoms with Crippen molar-refractivity contribution in [3.63, 3.8) is 0 Å². The first kappa shape index (κ1) is 13.8. The molecule has 112 valence electrons. The van der Waals surface area contributed by atoms with Crippen LogP contribution in [0.4, 0.5) is 11.7 Å². The maximum atomic E-state index is 11.0. The molecule has 0 amide bonds. The molecule has 1 aliphatic heterocycles. The summed E-state index contributed by atoms with van der Waals surface area (Å²) < 4.78 is 5.70. The molecule has 2 heterocycles. The van der Waals surface area contributed by atoms with Crippen LogP contribution in [0.25, 0.3) is 11.1 Å². The number of nitrogens with zero attached hydrogens (tertiary/aromatic N) is 3. The first-order valence-electron chi connectivity index (χ1n) is 7.18. The lowest BCUT2D eigenvalue weighted by Gasteiger charge is -2.31. The van der Waals surface area contributed by atoms with Crippen molar-refractivity contribution in [1.82, 2.24) is 4.98 Å². The van der Waals surface area contributed by atoms with Crippen LogP contribution in [0.15, 0.2) is 22.6 Å². The highest BCUT2D eigenvalue weighted by Gasteiger charge is 2.25. The number of para-hydroxylation sites is 1. The predicted molar refractivity (Wildman–Crippen MR) is 79.3 cm³/mol. The van der Waals surface area contributed by atoms with Crippen LogP contribution in [-0.4, -0.2) is 29.5 Å². The number of non-ortho nitro benzene ring substituents is 1. The quantitative estimate of drug-likeness (QED) is 0.685. The number of aromatic nitrogens is 1. The van der Waals surface area contributed by atoms with Gasteiger partial charge in [0.2, 0.25) is 0 Å². The molecule has 1 aromatic carbocycles. The summed E-state index contributed by atoms with van der Waals surface area (Å²) in [5, 5.41) is 11.0. The molecular formula is C14H18N4O3. The number of nitrogens with two attached hydrogens (primary N) is 1. The Hall–Kier alpha value is -2.15. The molecule has 1 aromatic heterocycles. The summed E-state index contributed by atoms with van der Waals surface area (Å²) in [7, 11) is 0. The molecule has 1 saturated heterocycles. The van der Waals surface area contributed by atoms with Gasteiger partial charge in [0.1, 0.15) is 0 Å². The SMILES string of the molecule is NCCC1CCCN(c2nc3c([N+](=O)[O-])cccc3o2)C1. The minimum absolute atomic E-state index is 0.0157. The van der Waals surface area contributed by atoms with E-state index in [-0.39, 0.29) is 5.69 Å². The van der Waals surface area contributed by atoms with Gasteiger partial charge >= 0.3 is 0 Å². The van der Waals surface area contributed by atoms with Crippen molar-refractivity contribution < 1.29 is 9.34 Å². The lowest BCUT2D eigenvalue weighted by molar-refractivity contribution is -0.383. The maximum Gasteiger partial charge on any atom is 0.298 e. The van der Waals surface area contributed by atoms with Gasteiger partial charge < -0.3 is 15.1 Å². The molecule has 0 spiro atoms. The van der Waals surface area contributed by atoms with Gasteiger partial charge in [-0.15, -0.1) is 0 Å². The van der Waals surface area contributed by atoms with E-state index in [0.29, 0.717) is 29.6 Å². The number of hydrogen-bond donors (Lipinski definition) is 1. The first-order chi connectivity index (χ1) is 10.2. The Labute approximate surface area is 121 Å². The van der Waals surface area contributed by atoms with E-state index >= 15 is 0 Å². The average molecular weight is 290 g/mol. The number of rotatable bonds is 4. The third-order valence-electron chi connectivity index (χ3n) is 3.95. The molecular weight excluding hydrogens is 272 g/mol.